The summed E-state index contributed by atoms with van der Waals surface area (Å²) >= 11 is 0. The van der Waals surface area contributed by atoms with Crippen LogP contribution in [0.1, 0.15) is 166 Å². The second-order valence-electron chi connectivity index (χ2n) is 17.5. The van der Waals surface area contributed by atoms with Crippen LogP contribution in [-0.4, -0.2) is 78.0 Å². The number of benzene rings is 1. The number of hydrogen-bond acceptors (Lipinski definition) is 11. The van der Waals surface area contributed by atoms with Gasteiger partial charge in [0, 0.05) is 69.9 Å². The van der Waals surface area contributed by atoms with E-state index in [9.17, 15) is 0 Å². The molecule has 1 aliphatic heterocycles. The lowest BCUT2D eigenvalue weighted by Gasteiger charge is -2.16. The molecule has 384 valence electrons. The van der Waals surface area contributed by atoms with Gasteiger partial charge in [0.2, 0.25) is 0 Å². The average Bonchev–Trinajstić information content (AvgIpc) is 4.17. The first kappa shape index (κ1) is 61.9. The van der Waals surface area contributed by atoms with Gasteiger partial charge in [-0.1, -0.05) is 112 Å². The number of fused-ring (bicyclic) bond motifs is 4. The number of H-pyrrole nitrogens is 4. The van der Waals surface area contributed by atoms with E-state index in [-0.39, 0.29) is 44.6 Å². The number of hydrogen-bond donors (Lipinski definition) is 5. The highest BCUT2D eigenvalue weighted by atomic mass is 15.2. The monoisotopic (exact) mass is 968 g/mol. The van der Waals surface area contributed by atoms with Gasteiger partial charge in [-0.05, 0) is 109 Å². The Bertz CT molecular complexity index is 2810. The molecule has 15 nitrogen and oxygen atoms in total. The molecule has 5 N–H and O–H groups in total. The zero-order valence-electron chi connectivity index (χ0n) is 39.0. The molecular weight excluding hydrogens is 883 g/mol. The van der Waals surface area contributed by atoms with Crippen LogP contribution >= 0.6 is 0 Å². The van der Waals surface area contributed by atoms with E-state index in [0.29, 0.717) is 23.7 Å². The number of aryl methyl sites for hydroxylation is 1. The minimum absolute atomic E-state index is 0. The summed E-state index contributed by atoms with van der Waals surface area (Å²) in [6, 6.07) is 15.9. The van der Waals surface area contributed by atoms with Gasteiger partial charge in [0.25, 0.3) is 0 Å². The Morgan fingerprint density at radius 3 is 1.85 bits per heavy atom. The average molecular weight is 968 g/mol. The van der Waals surface area contributed by atoms with Gasteiger partial charge in [-0.25, -0.2) is 15.0 Å². The molecule has 9 heterocycles. The zero-order chi connectivity index (χ0) is 45.9. The first-order valence-electron chi connectivity index (χ1n) is 22.6. The number of aromatic nitrogens is 13. The summed E-state index contributed by atoms with van der Waals surface area (Å²) in [5.74, 6) is 2.84. The minimum atomic E-state index is 0. The zero-order valence-corrected chi connectivity index (χ0v) is 39.0. The molecule has 0 fully saturated rings. The maximum atomic E-state index is 4.62. The van der Waals surface area contributed by atoms with Crippen LogP contribution in [0.15, 0.2) is 108 Å². The molecular formula is C56H85N15. The number of pyridine rings is 3. The van der Waals surface area contributed by atoms with Gasteiger partial charge in [-0.15, -0.1) is 0 Å². The van der Waals surface area contributed by atoms with Crippen molar-refractivity contribution in [2.45, 2.75) is 150 Å². The largest absolute Gasteiger partial charge is 0.337 e. The van der Waals surface area contributed by atoms with Crippen LogP contribution < -0.4 is 5.32 Å². The summed E-state index contributed by atoms with van der Waals surface area (Å²) in [5.41, 5.74) is 13.7. The molecule has 15 heteroatoms. The van der Waals surface area contributed by atoms with Crippen LogP contribution in [0.5, 0.6) is 0 Å². The molecule has 0 saturated carbocycles. The normalized spacial score (nSPS) is 12.2. The number of aromatic amines is 4. The van der Waals surface area contributed by atoms with E-state index >= 15 is 0 Å². The summed E-state index contributed by atoms with van der Waals surface area (Å²) in [6.07, 6.45) is 17.7. The SMILES string of the molecule is C.C.C.C.C.C.CC(C)C1=NCC2=C1CCCC2.CC(C)c1[nH]nc2ccncc12.CC(C)c1[nH]nc2ncccc12.CC(C)c1[nH]nc2ncncc12.Cc1cncc(Nc2n[nH]c3ccccc23)c1. The van der Waals surface area contributed by atoms with Crippen molar-refractivity contribution in [3.05, 3.63) is 126 Å². The fourth-order valence-corrected chi connectivity index (χ4v) is 7.92. The Labute approximate surface area is 424 Å². The molecule has 1 aliphatic carbocycles. The predicted molar refractivity (Wildman–Crippen MR) is 303 cm³/mol. The molecule has 0 spiro atoms. The van der Waals surface area contributed by atoms with Crippen molar-refractivity contribution < 1.29 is 0 Å². The number of nitrogens with one attached hydrogen (secondary N) is 5. The second kappa shape index (κ2) is 29.1. The molecule has 0 bridgehead atoms. The van der Waals surface area contributed by atoms with E-state index in [0.717, 1.165) is 84.6 Å². The van der Waals surface area contributed by atoms with Crippen molar-refractivity contribution in [1.29, 1.82) is 0 Å². The van der Waals surface area contributed by atoms with Gasteiger partial charge in [0.1, 0.15) is 6.33 Å². The Balaban J connectivity index is 0.000000438. The third-order valence-electron chi connectivity index (χ3n) is 11.2. The van der Waals surface area contributed by atoms with Crippen molar-refractivity contribution in [1.82, 2.24) is 65.7 Å². The van der Waals surface area contributed by atoms with E-state index < -0.39 is 0 Å². The molecule has 71 heavy (non-hydrogen) atoms. The van der Waals surface area contributed by atoms with E-state index in [4.69, 9.17) is 0 Å². The van der Waals surface area contributed by atoms with E-state index in [1.807, 2.05) is 67.8 Å². The number of rotatable bonds is 6. The topological polar surface area (TPSA) is 204 Å². The lowest BCUT2D eigenvalue weighted by Crippen LogP contribution is -2.10. The molecule has 0 atom stereocenters. The number of para-hydroxylation sites is 1. The quantitative estimate of drug-likeness (QED) is 0.107. The van der Waals surface area contributed by atoms with Crippen LogP contribution in [0.2, 0.25) is 0 Å². The molecule has 8 aromatic heterocycles. The Kier molecular flexibility index (Phi) is 25.4. The minimum Gasteiger partial charge on any atom is -0.337 e. The first-order valence-corrected chi connectivity index (χ1v) is 22.6. The van der Waals surface area contributed by atoms with E-state index in [2.05, 4.69) is 131 Å². The molecule has 2 aliphatic rings. The van der Waals surface area contributed by atoms with Gasteiger partial charge in [0.15, 0.2) is 17.1 Å². The van der Waals surface area contributed by atoms with Crippen molar-refractivity contribution in [2.75, 3.05) is 11.9 Å². The van der Waals surface area contributed by atoms with Gasteiger partial charge >= 0.3 is 0 Å². The maximum Gasteiger partial charge on any atom is 0.184 e. The fourth-order valence-electron chi connectivity index (χ4n) is 7.92. The van der Waals surface area contributed by atoms with Gasteiger partial charge in [-0.3, -0.25) is 35.4 Å². The third kappa shape index (κ3) is 15.4. The van der Waals surface area contributed by atoms with Crippen molar-refractivity contribution in [3.8, 4) is 0 Å². The van der Waals surface area contributed by atoms with Gasteiger partial charge < -0.3 is 5.32 Å². The third-order valence-corrected chi connectivity index (χ3v) is 11.2. The van der Waals surface area contributed by atoms with Crippen LogP contribution in [0.25, 0.3) is 43.9 Å². The van der Waals surface area contributed by atoms with Crippen LogP contribution in [0.4, 0.5) is 11.5 Å². The second-order valence-corrected chi connectivity index (χ2v) is 17.5. The highest BCUT2D eigenvalue weighted by Crippen LogP contribution is 2.32. The lowest BCUT2D eigenvalue weighted by molar-refractivity contribution is 0.684. The van der Waals surface area contributed by atoms with E-state index in [1.165, 1.54) is 37.7 Å². The number of aliphatic imine (C=N–C) groups is 1. The summed E-state index contributed by atoms with van der Waals surface area (Å²) < 4.78 is 0. The van der Waals surface area contributed by atoms with Crippen LogP contribution in [-0.2, 0) is 0 Å². The Morgan fingerprint density at radius 2 is 1.15 bits per heavy atom. The standard InChI is InChI=1S/C13H12N4.C11H17N.2C9H11N3.C8H10N4.6CH4/c1-9-6-10(8-14-7-9)15-13-11-4-2-3-5-12(11)16-17-13;1-8(2)11-10-6-4-3-5-9(10)7-12-11;1-6(2)9-7-5-10-4-3-8(7)11-12-9;1-6(2)8-7-4-3-5-10-9(7)12-11-8;1-5(2)7-6-3-9-4-10-8(6)12-11-7;;;;;;/h2-8H,1H3,(H2,15,16,17);8H,3-7H2,1-2H3;3-6H,1-2H3,(H,11,12);3-6H,1-2H3,(H,10,11,12);3-5H,1-2H3,(H,9,10,11,12);6*1H4. The highest BCUT2D eigenvalue weighted by molar-refractivity contribution is 6.04. The molecule has 0 unspecified atom stereocenters. The van der Waals surface area contributed by atoms with Crippen molar-refractivity contribution in [2.24, 2.45) is 10.9 Å². The summed E-state index contributed by atoms with van der Waals surface area (Å²) in [6.45, 7) is 20.3. The predicted octanol–water partition coefficient (Wildman–Crippen LogP) is 15.4. The molecule has 1 aromatic carbocycles. The molecule has 0 amide bonds. The molecule has 0 radical (unpaired) electrons. The summed E-state index contributed by atoms with van der Waals surface area (Å²) in [5, 5.41) is 36.2. The van der Waals surface area contributed by atoms with Gasteiger partial charge in [0.05, 0.1) is 34.8 Å². The first-order chi connectivity index (χ1) is 31.5. The number of nitrogens with zero attached hydrogens (tertiary/aromatic N) is 10. The van der Waals surface area contributed by atoms with Crippen molar-refractivity contribution >= 4 is 61.1 Å². The molecule has 9 aromatic rings. The van der Waals surface area contributed by atoms with Crippen molar-refractivity contribution in [3.63, 3.8) is 0 Å². The van der Waals surface area contributed by atoms with E-state index in [1.54, 1.807) is 35.9 Å². The lowest BCUT2D eigenvalue weighted by atomic mass is 9.88. The van der Waals surface area contributed by atoms with Crippen LogP contribution in [0.3, 0.4) is 0 Å². The summed E-state index contributed by atoms with van der Waals surface area (Å²) in [4.78, 5) is 25.0. The highest BCUT2D eigenvalue weighted by Gasteiger charge is 2.23. The Hall–Kier alpha value is -7.16. The van der Waals surface area contributed by atoms with Gasteiger partial charge in [-0.2, -0.15) is 20.4 Å². The smallest absolute Gasteiger partial charge is 0.184 e. The Morgan fingerprint density at radius 1 is 0.535 bits per heavy atom. The fraction of sp³-hybridized carbons (Fsp3) is 0.429. The maximum absolute atomic E-state index is 4.62. The number of allylic oxidation sites excluding steroid dienone is 1. The number of anilines is 2. The summed E-state index contributed by atoms with van der Waals surface area (Å²) in [7, 11) is 0. The molecule has 11 rings (SSSR count). The van der Waals surface area contributed by atoms with Crippen LogP contribution in [0, 0.1) is 12.8 Å². The molecule has 0 saturated heterocycles.